The van der Waals surface area contributed by atoms with Gasteiger partial charge in [-0.2, -0.15) is 0 Å². The first-order chi connectivity index (χ1) is 4.88. The highest BCUT2D eigenvalue weighted by Gasteiger charge is 1.97. The molecular formula is C7H6N2S. The van der Waals surface area contributed by atoms with Crippen LogP contribution in [0.15, 0.2) is 17.9 Å². The number of nitrogens with zero attached hydrogens (tertiary/aromatic N) is 2. The Labute approximate surface area is 62.6 Å². The average molecular weight is 150 g/mol. The van der Waals surface area contributed by atoms with Crippen molar-refractivity contribution in [2.45, 2.75) is 6.92 Å². The Morgan fingerprint density at radius 2 is 2.30 bits per heavy atom. The summed E-state index contributed by atoms with van der Waals surface area (Å²) < 4.78 is 1.17. The Kier molecular flexibility index (Phi) is 1.17. The summed E-state index contributed by atoms with van der Waals surface area (Å²) in [5.74, 6) is 0. The smallest absolute Gasteiger partial charge is 0.0872 e. The molecule has 0 aliphatic heterocycles. The van der Waals surface area contributed by atoms with Crippen molar-refractivity contribution in [3.05, 3.63) is 23.5 Å². The van der Waals surface area contributed by atoms with Crippen molar-refractivity contribution >= 4 is 21.6 Å². The number of aromatic nitrogens is 2. The number of pyridine rings is 1. The van der Waals surface area contributed by atoms with E-state index in [2.05, 4.69) is 9.97 Å². The van der Waals surface area contributed by atoms with Gasteiger partial charge in [-0.1, -0.05) is 0 Å². The van der Waals surface area contributed by atoms with E-state index >= 15 is 0 Å². The lowest BCUT2D eigenvalue weighted by Gasteiger charge is -1.89. The quantitative estimate of drug-likeness (QED) is 0.574. The van der Waals surface area contributed by atoms with Gasteiger partial charge >= 0.3 is 0 Å². The third kappa shape index (κ3) is 0.708. The Morgan fingerprint density at radius 3 is 3.10 bits per heavy atom. The summed E-state index contributed by atoms with van der Waals surface area (Å²) in [6.07, 6.45) is 3.68. The molecule has 3 heteroatoms. The van der Waals surface area contributed by atoms with Crippen LogP contribution in [0.5, 0.6) is 0 Å². The maximum absolute atomic E-state index is 4.20. The van der Waals surface area contributed by atoms with E-state index in [0.717, 1.165) is 11.1 Å². The second kappa shape index (κ2) is 2.02. The van der Waals surface area contributed by atoms with Crippen LogP contribution in [0, 0.1) is 6.92 Å². The summed E-state index contributed by atoms with van der Waals surface area (Å²) in [7, 11) is 0. The van der Waals surface area contributed by atoms with Crippen LogP contribution in [0.4, 0.5) is 0 Å². The van der Waals surface area contributed by atoms with Crippen LogP contribution < -0.4 is 0 Å². The van der Waals surface area contributed by atoms with Gasteiger partial charge in [0.25, 0.3) is 0 Å². The fraction of sp³-hybridized carbons (Fsp3) is 0.143. The number of hydrogen-bond acceptors (Lipinski definition) is 3. The average Bonchev–Trinajstić information content (AvgIpc) is 2.36. The molecule has 2 heterocycles. The largest absolute Gasteiger partial charge is 0.263 e. The van der Waals surface area contributed by atoms with Crippen LogP contribution in [0.2, 0.25) is 0 Å². The van der Waals surface area contributed by atoms with Crippen LogP contribution in [0.3, 0.4) is 0 Å². The molecule has 2 rings (SSSR count). The Balaban J connectivity index is 2.95. The summed E-state index contributed by atoms with van der Waals surface area (Å²) in [5.41, 5.74) is 4.08. The van der Waals surface area contributed by atoms with Gasteiger partial charge < -0.3 is 0 Å². The molecule has 0 aliphatic rings. The van der Waals surface area contributed by atoms with Gasteiger partial charge in [-0.25, -0.2) is 4.98 Å². The van der Waals surface area contributed by atoms with Gasteiger partial charge in [0.15, 0.2) is 0 Å². The first-order valence-corrected chi connectivity index (χ1v) is 3.90. The van der Waals surface area contributed by atoms with E-state index in [1.54, 1.807) is 11.3 Å². The van der Waals surface area contributed by atoms with Crippen LogP contribution in [-0.2, 0) is 0 Å². The van der Waals surface area contributed by atoms with E-state index < -0.39 is 0 Å². The van der Waals surface area contributed by atoms with E-state index in [-0.39, 0.29) is 0 Å². The SMILES string of the molecule is Cc1cncc2scnc12. The zero-order valence-corrected chi connectivity index (χ0v) is 6.35. The first-order valence-electron chi connectivity index (χ1n) is 3.02. The van der Waals surface area contributed by atoms with Crippen molar-refractivity contribution < 1.29 is 0 Å². The predicted molar refractivity (Wildman–Crippen MR) is 42.2 cm³/mol. The number of rotatable bonds is 0. The summed E-state index contributed by atoms with van der Waals surface area (Å²) in [5, 5.41) is 0. The molecule has 0 aliphatic carbocycles. The molecule has 0 amide bonds. The Morgan fingerprint density at radius 1 is 1.40 bits per heavy atom. The highest BCUT2D eigenvalue weighted by atomic mass is 32.1. The van der Waals surface area contributed by atoms with Gasteiger partial charge in [0, 0.05) is 12.4 Å². The van der Waals surface area contributed by atoms with Crippen molar-refractivity contribution in [3.63, 3.8) is 0 Å². The lowest BCUT2D eigenvalue weighted by atomic mass is 10.3. The van der Waals surface area contributed by atoms with Crippen molar-refractivity contribution in [3.8, 4) is 0 Å². The second-order valence-corrected chi connectivity index (χ2v) is 3.04. The maximum Gasteiger partial charge on any atom is 0.0872 e. The number of aryl methyl sites for hydroxylation is 1. The molecule has 0 spiro atoms. The lowest BCUT2D eigenvalue weighted by Crippen LogP contribution is -1.76. The fourth-order valence-corrected chi connectivity index (χ4v) is 1.64. The van der Waals surface area contributed by atoms with Gasteiger partial charge in [0.05, 0.1) is 15.7 Å². The third-order valence-corrected chi connectivity index (χ3v) is 2.19. The molecular weight excluding hydrogens is 144 g/mol. The fourth-order valence-electron chi connectivity index (χ4n) is 0.921. The third-order valence-electron chi connectivity index (χ3n) is 1.43. The number of fused-ring (bicyclic) bond motifs is 1. The molecule has 2 aromatic heterocycles. The Hall–Kier alpha value is -0.960. The lowest BCUT2D eigenvalue weighted by molar-refractivity contribution is 1.29. The maximum atomic E-state index is 4.20. The monoisotopic (exact) mass is 150 g/mol. The van der Waals surface area contributed by atoms with Crippen molar-refractivity contribution in [1.29, 1.82) is 0 Å². The molecule has 0 saturated heterocycles. The molecule has 0 aromatic carbocycles. The van der Waals surface area contributed by atoms with E-state index in [9.17, 15) is 0 Å². The molecule has 0 saturated carbocycles. The molecule has 10 heavy (non-hydrogen) atoms. The zero-order valence-electron chi connectivity index (χ0n) is 5.53. The molecule has 2 aromatic rings. The molecule has 0 bridgehead atoms. The molecule has 0 radical (unpaired) electrons. The second-order valence-electron chi connectivity index (χ2n) is 2.16. The topological polar surface area (TPSA) is 25.8 Å². The van der Waals surface area contributed by atoms with Gasteiger partial charge in [-0.05, 0) is 12.5 Å². The van der Waals surface area contributed by atoms with Crippen LogP contribution in [-0.4, -0.2) is 9.97 Å². The highest BCUT2D eigenvalue weighted by molar-refractivity contribution is 7.16. The minimum Gasteiger partial charge on any atom is -0.263 e. The molecule has 2 nitrogen and oxygen atoms in total. The van der Waals surface area contributed by atoms with Gasteiger partial charge in [0.1, 0.15) is 0 Å². The van der Waals surface area contributed by atoms with Crippen molar-refractivity contribution in [1.82, 2.24) is 9.97 Å². The minimum absolute atomic E-state index is 1.08. The van der Waals surface area contributed by atoms with Crippen LogP contribution in [0.1, 0.15) is 5.56 Å². The van der Waals surface area contributed by atoms with Crippen molar-refractivity contribution in [2.24, 2.45) is 0 Å². The Bertz CT molecular complexity index is 353. The predicted octanol–water partition coefficient (Wildman–Crippen LogP) is 2.00. The highest BCUT2D eigenvalue weighted by Crippen LogP contribution is 2.18. The minimum atomic E-state index is 1.08. The van der Waals surface area contributed by atoms with Gasteiger partial charge in [-0.15, -0.1) is 11.3 Å². The summed E-state index contributed by atoms with van der Waals surface area (Å²) in [4.78, 5) is 8.25. The summed E-state index contributed by atoms with van der Waals surface area (Å²) in [6.45, 7) is 2.02. The molecule has 50 valence electrons. The summed E-state index contributed by atoms with van der Waals surface area (Å²) in [6, 6.07) is 0. The van der Waals surface area contributed by atoms with Gasteiger partial charge in [0.2, 0.25) is 0 Å². The van der Waals surface area contributed by atoms with E-state index in [1.165, 1.54) is 4.70 Å². The first kappa shape index (κ1) is 5.80. The zero-order chi connectivity index (χ0) is 6.97. The number of thiazole rings is 1. The summed E-state index contributed by atoms with van der Waals surface area (Å²) >= 11 is 1.63. The van der Waals surface area contributed by atoms with Crippen LogP contribution in [0.25, 0.3) is 10.2 Å². The van der Waals surface area contributed by atoms with E-state index in [4.69, 9.17) is 0 Å². The van der Waals surface area contributed by atoms with Crippen molar-refractivity contribution in [2.75, 3.05) is 0 Å². The van der Waals surface area contributed by atoms with Gasteiger partial charge in [-0.3, -0.25) is 4.98 Å². The standard InChI is InChI=1S/C7H6N2S/c1-5-2-8-3-6-7(5)9-4-10-6/h2-4H,1H3. The molecule has 0 unspecified atom stereocenters. The van der Waals surface area contributed by atoms with E-state index in [1.807, 2.05) is 24.8 Å². The molecule has 0 fully saturated rings. The molecule has 0 atom stereocenters. The van der Waals surface area contributed by atoms with E-state index in [0.29, 0.717) is 0 Å². The normalized spacial score (nSPS) is 10.5. The van der Waals surface area contributed by atoms with Crippen LogP contribution >= 0.6 is 11.3 Å². The number of hydrogen-bond donors (Lipinski definition) is 0. The molecule has 0 N–H and O–H groups in total.